The van der Waals surface area contributed by atoms with E-state index < -0.39 is 0 Å². The number of rotatable bonds is 10. The summed E-state index contributed by atoms with van der Waals surface area (Å²) in [7, 11) is 0. The molecule has 0 saturated heterocycles. The van der Waals surface area contributed by atoms with Gasteiger partial charge in [-0.15, -0.1) is 0 Å². The van der Waals surface area contributed by atoms with Crippen LogP contribution in [0.4, 0.5) is 0 Å². The average molecular weight is 1810 g/mol. The van der Waals surface area contributed by atoms with E-state index in [0.717, 1.165) is 0 Å². The van der Waals surface area contributed by atoms with Crippen LogP contribution in [0.3, 0.4) is 0 Å². The molecule has 0 amide bonds. The number of hydrogen-bond donors (Lipinski definition) is 0. The molecule has 0 aliphatic rings. The lowest BCUT2D eigenvalue weighted by Gasteiger charge is -2.24. The Balaban J connectivity index is 0.000000159. The summed E-state index contributed by atoms with van der Waals surface area (Å²) in [6, 6.07) is 151. The van der Waals surface area contributed by atoms with Crippen LogP contribution in [0, 0.1) is 0 Å². The summed E-state index contributed by atoms with van der Waals surface area (Å²) < 4.78 is 9.92. The lowest BCUT2D eigenvalue weighted by Crippen LogP contribution is -2.21. The van der Waals surface area contributed by atoms with Gasteiger partial charge in [-0.2, -0.15) is 0 Å². The summed E-state index contributed by atoms with van der Waals surface area (Å²) in [6.45, 7) is 41.4. The van der Waals surface area contributed by atoms with Gasteiger partial charge in [-0.25, -0.2) is 0 Å². The maximum atomic E-state index is 2.48. The third kappa shape index (κ3) is 15.3. The van der Waals surface area contributed by atoms with Crippen molar-refractivity contribution in [3.63, 3.8) is 0 Å². The molecule has 4 heteroatoms. The average Bonchev–Trinajstić information content (AvgIpc) is 1.18. The summed E-state index contributed by atoms with van der Waals surface area (Å²) in [5, 5.41) is 20.6. The molecule has 0 N–H and O–H groups in total. The summed E-state index contributed by atoms with van der Waals surface area (Å²) in [6.07, 6.45) is 0. The molecule has 4 heterocycles. The molecule has 24 aromatic rings. The fraction of sp³-hybridized carbons (Fsp3) is 0.176. The fourth-order valence-electron chi connectivity index (χ4n) is 23.1. The predicted molar refractivity (Wildman–Crippen MR) is 607 cm³/mol. The maximum Gasteiger partial charge on any atom is 0.0496 e. The van der Waals surface area contributed by atoms with E-state index in [0.29, 0.717) is 0 Å². The molecule has 4 aromatic heterocycles. The van der Waals surface area contributed by atoms with Gasteiger partial charge in [-0.05, 0) is 344 Å². The van der Waals surface area contributed by atoms with Gasteiger partial charge in [0, 0.05) is 109 Å². The zero-order chi connectivity index (χ0) is 96.5. The Morgan fingerprint density at radius 3 is 0.479 bits per heavy atom. The van der Waals surface area contributed by atoms with Crippen molar-refractivity contribution in [1.29, 1.82) is 0 Å². The molecule has 0 aliphatic heterocycles. The third-order valence-electron chi connectivity index (χ3n) is 29.6. The van der Waals surface area contributed by atoms with E-state index in [1.807, 2.05) is 0 Å². The Kier molecular flexibility index (Phi) is 21.0. The van der Waals surface area contributed by atoms with Crippen LogP contribution in [0.1, 0.15) is 136 Å². The molecule has 0 aliphatic carbocycles. The number of hydrogen-bond acceptors (Lipinski definition) is 0. The number of fused-ring (bicyclic) bond motifs is 16. The normalized spacial score (nSPS) is 12.6. The highest BCUT2D eigenvalue weighted by Crippen LogP contribution is 2.51. The van der Waals surface area contributed by atoms with Gasteiger partial charge < -0.3 is 18.3 Å². The van der Waals surface area contributed by atoms with E-state index in [1.165, 1.54) is 253 Å². The predicted octanol–water partition coefficient (Wildman–Crippen LogP) is 38.7. The molecule has 24 rings (SSSR count). The monoisotopic (exact) mass is 1810 g/mol. The van der Waals surface area contributed by atoms with Crippen molar-refractivity contribution >= 4 is 130 Å². The van der Waals surface area contributed by atoms with Gasteiger partial charge in [0.25, 0.3) is 0 Å². The maximum absolute atomic E-state index is 2.48. The van der Waals surface area contributed by atoms with Crippen LogP contribution in [-0.4, -0.2) is 18.3 Å². The van der Waals surface area contributed by atoms with Gasteiger partial charge in [0.05, 0.1) is 0 Å². The van der Waals surface area contributed by atoms with E-state index in [2.05, 4.69) is 543 Å². The summed E-state index contributed by atoms with van der Waals surface area (Å²) >= 11 is 0. The molecule has 4 nitrogen and oxygen atoms in total. The van der Waals surface area contributed by atoms with Crippen molar-refractivity contribution in [3.8, 4) is 111 Å². The molecule has 0 unspecified atom stereocenters. The number of nitrogens with zero attached hydrogens (tertiary/aromatic N) is 4. The second-order valence-corrected chi connectivity index (χ2v) is 45.1. The van der Waals surface area contributed by atoms with Crippen LogP contribution in [0.15, 0.2) is 400 Å². The molecular formula is C136H120N4. The van der Waals surface area contributed by atoms with Crippen LogP contribution < -0.4 is 0 Å². The van der Waals surface area contributed by atoms with E-state index in [1.54, 1.807) is 0 Å². The van der Waals surface area contributed by atoms with E-state index in [9.17, 15) is 0 Å². The van der Waals surface area contributed by atoms with Crippen molar-refractivity contribution in [3.05, 3.63) is 412 Å². The first-order chi connectivity index (χ1) is 67.2. The molecule has 140 heavy (non-hydrogen) atoms. The highest BCUT2D eigenvalue weighted by molar-refractivity contribution is 6.24. The number of para-hydroxylation sites is 4. The molecule has 20 aromatic carbocycles. The van der Waals surface area contributed by atoms with Crippen LogP contribution in [0.25, 0.3) is 242 Å². The topological polar surface area (TPSA) is 19.7 Å². The molecule has 0 bridgehead atoms. The quantitative estimate of drug-likeness (QED) is 0.122. The Morgan fingerprint density at radius 1 is 0.121 bits per heavy atom. The summed E-state index contributed by atoms with van der Waals surface area (Å²) in [4.78, 5) is 0. The van der Waals surface area contributed by atoms with Crippen LogP contribution in [-0.2, 0) is 33.0 Å². The number of aromatic nitrogens is 4. The summed E-state index contributed by atoms with van der Waals surface area (Å²) in [5.41, 5.74) is 37.4. The fourth-order valence-corrected chi connectivity index (χ4v) is 23.1. The van der Waals surface area contributed by atoms with Crippen molar-refractivity contribution in [2.75, 3.05) is 0 Å². The Hall–Kier alpha value is -15.4. The van der Waals surface area contributed by atoms with Gasteiger partial charge in [-0.1, -0.05) is 357 Å². The highest BCUT2D eigenvalue weighted by atomic mass is 15.1. The second kappa shape index (κ2) is 33.2. The molecule has 0 radical (unpaired) electrons. The zero-order valence-corrected chi connectivity index (χ0v) is 83.9. The van der Waals surface area contributed by atoms with Crippen molar-refractivity contribution in [2.24, 2.45) is 0 Å². The van der Waals surface area contributed by atoms with Crippen LogP contribution >= 0.6 is 0 Å². The lowest BCUT2D eigenvalue weighted by molar-refractivity contribution is 0.423. The molecule has 0 spiro atoms. The van der Waals surface area contributed by atoms with E-state index in [-0.39, 0.29) is 33.0 Å². The van der Waals surface area contributed by atoms with E-state index in [4.69, 9.17) is 0 Å². The van der Waals surface area contributed by atoms with E-state index >= 15 is 0 Å². The smallest absolute Gasteiger partial charge is 0.0496 e. The largest absolute Gasteiger partial charge is 0.335 e. The molecular weight excluding hydrogens is 1690 g/mol. The molecule has 684 valence electrons. The van der Waals surface area contributed by atoms with Gasteiger partial charge in [0.15, 0.2) is 0 Å². The lowest BCUT2D eigenvalue weighted by atomic mass is 9.81. The molecule has 0 atom stereocenters. The SMILES string of the molecule is CC(C)(C)c1ccc2c(-c3ccc(-c4ccc(-c5ccc6c(c5)c5ccccc5n6C(C)(C)C)cc4)cc3)c3ccccc3c(-c3ccc(-c4ccc(-c5ccc6c(c5)c5ccccc5n6C(C)(C)C)cc4)cc3)c2c1.CC(C)(C)c1ccc2c(-c3ccc(-c4ccc5c(c4)c4ccccc4n5C(C)(C)C)cc3)c3ccccc3c(-c3ccc(-c4ccc5c(c4)c4ccccc4n5C(C)(C)C)cc3)c2c1. The highest BCUT2D eigenvalue weighted by Gasteiger charge is 2.30. The van der Waals surface area contributed by atoms with Crippen molar-refractivity contribution in [1.82, 2.24) is 18.3 Å². The Morgan fingerprint density at radius 2 is 0.279 bits per heavy atom. The molecule has 0 saturated carbocycles. The zero-order valence-electron chi connectivity index (χ0n) is 83.9. The molecule has 0 fully saturated rings. The first-order valence-corrected chi connectivity index (χ1v) is 50.0. The minimum Gasteiger partial charge on any atom is -0.335 e. The van der Waals surface area contributed by atoms with Crippen molar-refractivity contribution < 1.29 is 0 Å². The first kappa shape index (κ1) is 88.6. The van der Waals surface area contributed by atoms with Crippen LogP contribution in [0.2, 0.25) is 0 Å². The third-order valence-corrected chi connectivity index (χ3v) is 29.6. The minimum absolute atomic E-state index is 0.00217. The number of benzene rings is 20. The van der Waals surface area contributed by atoms with Gasteiger partial charge >= 0.3 is 0 Å². The van der Waals surface area contributed by atoms with Crippen molar-refractivity contribution in [2.45, 2.75) is 158 Å². The van der Waals surface area contributed by atoms with Gasteiger partial charge in [-0.3, -0.25) is 0 Å². The standard InChI is InChI=1S/C74H64N2.C62H56N2/c1-72(2,3)57-40-41-62-65(46-57)71(54-36-32-50(33-37-54)48-24-28-52(29-25-48)56-39-43-69-64(45-56)59-17-13-15-21-67(59)76(69)74(7,8)9)61-19-11-10-18-60(61)70(62)53-34-30-49(31-35-53)47-22-26-51(27-23-47)55-38-42-68-63(44-55)58-16-12-14-20-66(58)75(68)73(4,5)6;1-60(2,3)45-32-33-50-53(38-45)59(42-28-24-40(25-29-42)44-31-35-57-52(37-44)47-17-13-15-21-55(47)64(57)62(7,8)9)49-19-11-10-18-48(49)58(50)41-26-22-39(23-27-41)43-30-34-56-51(36-43)46-16-12-14-20-54(46)63(56)61(4,5)6/h10-46H,1-9H3;10-38H,1-9H3. The second-order valence-electron chi connectivity index (χ2n) is 45.1. The summed E-state index contributed by atoms with van der Waals surface area (Å²) in [5.74, 6) is 0. The van der Waals surface area contributed by atoms with Crippen LogP contribution in [0.5, 0.6) is 0 Å². The first-order valence-electron chi connectivity index (χ1n) is 50.0. The van der Waals surface area contributed by atoms with Gasteiger partial charge in [0.1, 0.15) is 0 Å². The Bertz CT molecular complexity index is 9070. The van der Waals surface area contributed by atoms with Gasteiger partial charge in [0.2, 0.25) is 0 Å². The minimum atomic E-state index is -0.0342. The Labute approximate surface area is 823 Å².